The summed E-state index contributed by atoms with van der Waals surface area (Å²) in [4.78, 5) is 31.0. The van der Waals surface area contributed by atoms with Gasteiger partial charge in [0.05, 0.1) is 28.4 Å². The molecule has 4 aromatic carbocycles. The maximum absolute atomic E-state index is 15.5. The number of phenols is 1. The van der Waals surface area contributed by atoms with Gasteiger partial charge in [-0.15, -0.1) is 0 Å². The summed E-state index contributed by atoms with van der Waals surface area (Å²) in [5, 5.41) is 62.4. The van der Waals surface area contributed by atoms with Gasteiger partial charge in [0.15, 0.2) is 0 Å². The van der Waals surface area contributed by atoms with Gasteiger partial charge >= 0.3 is 11.9 Å². The van der Waals surface area contributed by atoms with Crippen molar-refractivity contribution >= 4 is 17.5 Å². The second-order valence-corrected chi connectivity index (χ2v) is 28.6. The van der Waals surface area contributed by atoms with Crippen LogP contribution in [-0.4, -0.2) is 83.0 Å². The number of esters is 2. The lowest BCUT2D eigenvalue weighted by Crippen LogP contribution is -2.52. The zero-order valence-electron chi connectivity index (χ0n) is 51.6. The Morgan fingerprint density at radius 3 is 2.49 bits per heavy atom. The van der Waals surface area contributed by atoms with Crippen LogP contribution in [0.4, 0.5) is 0 Å². The van der Waals surface area contributed by atoms with Crippen molar-refractivity contribution in [1.82, 2.24) is 21.3 Å². The van der Waals surface area contributed by atoms with Crippen molar-refractivity contribution in [2.75, 3.05) is 33.3 Å². The lowest BCUT2D eigenvalue weighted by atomic mass is 9.44. The number of ether oxygens (including phenoxy) is 2. The van der Waals surface area contributed by atoms with Gasteiger partial charge < -0.3 is 51.2 Å². The van der Waals surface area contributed by atoms with E-state index in [-0.39, 0.29) is 71.5 Å². The summed E-state index contributed by atoms with van der Waals surface area (Å²) in [5.74, 6) is 7.41. The first kappa shape index (κ1) is 59.5. The molecule has 12 aliphatic rings. The zero-order valence-corrected chi connectivity index (χ0v) is 51.6. The topological polar surface area (TPSA) is 182 Å². The second-order valence-electron chi connectivity index (χ2n) is 28.6. The highest BCUT2D eigenvalue weighted by Crippen LogP contribution is 2.72. The highest BCUT2D eigenvalue weighted by atomic mass is 16.6. The molecule has 13 unspecified atom stereocenters. The summed E-state index contributed by atoms with van der Waals surface area (Å²) in [6.45, 7) is 4.49. The van der Waals surface area contributed by atoms with E-state index in [9.17, 15) is 20.4 Å². The second kappa shape index (κ2) is 24.2. The molecule has 5 fully saturated rings. The SMILES string of the molecule is CNC1CC(C23CC=C4OC(=O)C5=C4CCC4C6CCC7(C(=CC(CCO)Cc8ccccc8)OC(=O)C7=C6c6cc(O)ccc6-c6cccc(c6)CNCCc6cccc(c6)C6NCC(C)(O)CC#CC(C7(O)CCCCC7)CC(C2)C6C3)C54)CCN1. The number of piperidine rings is 1. The molecule has 14 bridgehead atoms. The van der Waals surface area contributed by atoms with Crippen LogP contribution in [0.15, 0.2) is 137 Å². The molecule has 6 aliphatic carbocycles. The zero-order chi connectivity index (χ0) is 60.4. The third-order valence-electron chi connectivity index (χ3n) is 23.3. The van der Waals surface area contributed by atoms with Crippen molar-refractivity contribution in [2.24, 2.45) is 58.2 Å². The monoisotopic (exact) mass is 1190 g/mol. The molecule has 88 heavy (non-hydrogen) atoms. The van der Waals surface area contributed by atoms with E-state index in [0.29, 0.717) is 80.2 Å². The number of hydrogen-bond donors (Lipinski definition) is 8. The minimum absolute atomic E-state index is 0.0393. The molecule has 8 N–H and O–H groups in total. The maximum atomic E-state index is 15.5. The van der Waals surface area contributed by atoms with E-state index >= 15 is 9.59 Å². The average molecular weight is 1190 g/mol. The Labute approximate surface area is 520 Å². The van der Waals surface area contributed by atoms with Gasteiger partial charge in [-0.05, 0) is 239 Å². The Morgan fingerprint density at radius 1 is 0.807 bits per heavy atom. The molecular weight excluding hydrogens is 1100 g/mol. The first-order valence-corrected chi connectivity index (χ1v) is 33.5. The van der Waals surface area contributed by atoms with Crippen molar-refractivity contribution < 1.29 is 39.5 Å². The molecule has 462 valence electrons. The van der Waals surface area contributed by atoms with E-state index in [4.69, 9.17) is 9.47 Å². The number of hydrogen-bond acceptors (Lipinski definition) is 12. The number of benzene rings is 4. The van der Waals surface area contributed by atoms with E-state index < -0.39 is 28.5 Å². The molecule has 12 nitrogen and oxygen atoms in total. The van der Waals surface area contributed by atoms with Crippen LogP contribution in [0.1, 0.15) is 150 Å². The van der Waals surface area contributed by atoms with Gasteiger partial charge in [0.2, 0.25) is 0 Å². The number of fused-ring (bicyclic) bond motifs is 5. The first-order chi connectivity index (χ1) is 42.7. The van der Waals surface area contributed by atoms with Gasteiger partial charge in [0.25, 0.3) is 0 Å². The molecule has 4 aromatic rings. The molecular formula is C76H90N4O8. The summed E-state index contributed by atoms with van der Waals surface area (Å²) in [6.07, 6.45) is 19.3. The van der Waals surface area contributed by atoms with Gasteiger partial charge in [0.1, 0.15) is 17.3 Å². The number of aliphatic hydroxyl groups excluding tert-OH is 1. The van der Waals surface area contributed by atoms with Gasteiger partial charge in [-0.3, -0.25) is 0 Å². The van der Waals surface area contributed by atoms with E-state index in [1.807, 2.05) is 44.3 Å². The third-order valence-corrected chi connectivity index (χ3v) is 23.3. The molecule has 0 radical (unpaired) electrons. The molecule has 12 heteroatoms. The fraction of sp³-hybridized carbons (Fsp3) is 0.526. The van der Waals surface area contributed by atoms with Crippen molar-refractivity contribution in [2.45, 2.75) is 159 Å². The van der Waals surface area contributed by atoms with Crippen LogP contribution in [0.2, 0.25) is 0 Å². The Hall–Kier alpha value is -6.14. The van der Waals surface area contributed by atoms with Gasteiger partial charge in [-0.1, -0.05) is 110 Å². The number of allylic oxidation sites excluding steroid dienone is 5. The van der Waals surface area contributed by atoms with Crippen LogP contribution in [0.5, 0.6) is 5.75 Å². The number of phenolic OH excluding ortho intramolecular Hbond substituents is 1. The molecule has 13 atom stereocenters. The lowest BCUT2D eigenvalue weighted by Gasteiger charge is -2.56. The largest absolute Gasteiger partial charge is 0.508 e. The highest BCUT2D eigenvalue weighted by molar-refractivity contribution is 6.07. The minimum atomic E-state index is -1.10. The molecule has 6 heterocycles. The van der Waals surface area contributed by atoms with Crippen molar-refractivity contribution in [3.8, 4) is 28.7 Å². The molecule has 0 amide bonds. The van der Waals surface area contributed by atoms with Crippen LogP contribution in [0.25, 0.3) is 16.7 Å². The van der Waals surface area contributed by atoms with Crippen LogP contribution in [0, 0.1) is 70.0 Å². The fourth-order valence-corrected chi connectivity index (χ4v) is 19.2. The van der Waals surface area contributed by atoms with E-state index in [1.165, 1.54) is 11.1 Å². The predicted molar refractivity (Wildman–Crippen MR) is 341 cm³/mol. The molecule has 3 saturated carbocycles. The van der Waals surface area contributed by atoms with Crippen LogP contribution >= 0.6 is 0 Å². The average Bonchev–Trinajstić information content (AvgIpc) is 1.44. The fourth-order valence-electron chi connectivity index (χ4n) is 19.2. The predicted octanol–water partition coefficient (Wildman–Crippen LogP) is 11.5. The Morgan fingerprint density at radius 2 is 1.65 bits per heavy atom. The number of aliphatic hydroxyl groups is 3. The van der Waals surface area contributed by atoms with Gasteiger partial charge in [-0.25, -0.2) is 9.59 Å². The third kappa shape index (κ3) is 11.0. The Bertz CT molecular complexity index is 3530. The van der Waals surface area contributed by atoms with Crippen LogP contribution < -0.4 is 21.3 Å². The minimum Gasteiger partial charge on any atom is -0.508 e. The van der Waals surface area contributed by atoms with Gasteiger partial charge in [0, 0.05) is 55.1 Å². The van der Waals surface area contributed by atoms with Crippen molar-refractivity contribution in [1.29, 1.82) is 0 Å². The van der Waals surface area contributed by atoms with E-state index in [1.54, 1.807) is 6.07 Å². The summed E-state index contributed by atoms with van der Waals surface area (Å²) < 4.78 is 13.6. The summed E-state index contributed by atoms with van der Waals surface area (Å²) >= 11 is 0. The van der Waals surface area contributed by atoms with Crippen molar-refractivity contribution in [3.05, 3.63) is 165 Å². The normalized spacial score (nSPS) is 34.3. The summed E-state index contributed by atoms with van der Waals surface area (Å²) in [7, 11) is 2.05. The number of aromatic hydroxyl groups is 1. The quantitative estimate of drug-likeness (QED) is 0.0619. The highest BCUT2D eigenvalue weighted by Gasteiger charge is 2.69. The van der Waals surface area contributed by atoms with Gasteiger partial charge in [-0.2, -0.15) is 0 Å². The first-order valence-electron chi connectivity index (χ1n) is 33.5. The standard InChI is InChI=1S/C76H90N4O8/c1-73(85)28-11-18-55(75(86)29-7-4-8-30-75)40-53-43-74(54-26-34-79-65(41-54)77-2)31-24-63-60-22-21-59-58-23-32-76(68(59)67(60)71(83)87-63)64(39-49(27-35-81)36-47-12-5-3-6-13-47)88-72(84)69(76)66(58)61-42-56(82)19-20-57(61)51-16-10-15-50(38-51)45-78-33-25-48-14-9-17-52(37-48)70(80-46-73)62(53)44-74/h3,5-6,9-10,12-17,19-20,24,37-39,42,49,53-55,58-59,62,65,68,70,77-82,85-86H,4,7-8,21-23,25-36,40-41,43-46H2,1-2H3. The molecule has 6 aliphatic heterocycles. The van der Waals surface area contributed by atoms with Crippen molar-refractivity contribution in [3.63, 3.8) is 0 Å². The number of nitrogens with one attached hydrogen (secondary N) is 4. The molecule has 1 spiro atoms. The summed E-state index contributed by atoms with van der Waals surface area (Å²) in [6, 6.07) is 33.5. The molecule has 0 aromatic heterocycles. The molecule has 16 rings (SSSR count). The van der Waals surface area contributed by atoms with E-state index in [0.717, 1.165) is 136 Å². The van der Waals surface area contributed by atoms with E-state index in [2.05, 4.69) is 106 Å². The Balaban J connectivity index is 0.951. The molecule has 2 saturated heterocycles. The van der Waals surface area contributed by atoms with Crippen LogP contribution in [0.3, 0.4) is 0 Å². The van der Waals surface area contributed by atoms with Crippen LogP contribution in [-0.2, 0) is 38.4 Å². The number of carbonyl (C=O) groups is 2. The number of carbonyl (C=O) groups excluding carboxylic acids is 2. The number of rotatable bonds is 8. The number of β-amino-alcohol motifs (C(OH)–C–C–N with tert-alkyl or cyclic N) is 1. The lowest BCUT2D eigenvalue weighted by molar-refractivity contribution is -0.135. The summed E-state index contributed by atoms with van der Waals surface area (Å²) in [5.41, 5.74) is 7.30. The number of cyclic esters (lactones) is 1. The smallest absolute Gasteiger partial charge is 0.340 e. The Kier molecular flexibility index (Phi) is 16.4. The maximum Gasteiger partial charge on any atom is 0.340 e.